The summed E-state index contributed by atoms with van der Waals surface area (Å²) in [6.45, 7) is 0.673. The Hall–Kier alpha value is -1.50. The summed E-state index contributed by atoms with van der Waals surface area (Å²) in [4.78, 5) is 11.8. The number of nitrogens with two attached hydrogens (primary N) is 1. The van der Waals surface area contributed by atoms with Gasteiger partial charge in [0, 0.05) is 25.8 Å². The molecule has 1 rings (SSSR count). The minimum Gasteiger partial charge on any atom is -0.493 e. The van der Waals surface area contributed by atoms with Crippen LogP contribution in [0.2, 0.25) is 0 Å². The Kier molecular flexibility index (Phi) is 9.53. The third-order valence-electron chi connectivity index (χ3n) is 2.97. The van der Waals surface area contributed by atoms with Crippen LogP contribution in [0, 0.1) is 0 Å². The molecular weight excluding hydrogens is 296 g/mol. The molecule has 0 aliphatic rings. The Morgan fingerprint density at radius 1 is 1.29 bits per heavy atom. The van der Waals surface area contributed by atoms with Gasteiger partial charge in [-0.3, -0.25) is 4.79 Å². The van der Waals surface area contributed by atoms with Crippen molar-refractivity contribution >= 4 is 18.3 Å². The molecule has 1 atom stereocenters. The smallest absolute Gasteiger partial charge is 0.222 e. The van der Waals surface area contributed by atoms with E-state index in [0.29, 0.717) is 24.6 Å². The molecule has 6 nitrogen and oxygen atoms in total. The molecule has 1 amide bonds. The average molecular weight is 319 g/mol. The standard InChI is InChI=1S/C14H22N2O4.ClH/c1-18-11(8-15)7-13(17)16-9-10-5-4-6-12(19-2)14(10)20-3;/h4-6,11H,7-9,15H2,1-3H3,(H,16,17);1H. The van der Waals surface area contributed by atoms with E-state index in [1.807, 2.05) is 12.1 Å². The Balaban J connectivity index is 0.00000400. The fraction of sp³-hybridized carbons (Fsp3) is 0.500. The van der Waals surface area contributed by atoms with Gasteiger partial charge in [-0.05, 0) is 6.07 Å². The molecule has 0 fully saturated rings. The van der Waals surface area contributed by atoms with Gasteiger partial charge < -0.3 is 25.3 Å². The highest BCUT2D eigenvalue weighted by Gasteiger charge is 2.13. The molecule has 7 heteroatoms. The fourth-order valence-corrected chi connectivity index (χ4v) is 1.83. The van der Waals surface area contributed by atoms with Crippen molar-refractivity contribution in [1.29, 1.82) is 0 Å². The van der Waals surface area contributed by atoms with Gasteiger partial charge in [-0.25, -0.2) is 0 Å². The van der Waals surface area contributed by atoms with Crippen LogP contribution in [-0.2, 0) is 16.1 Å². The Bertz CT molecular complexity index is 439. The van der Waals surface area contributed by atoms with Crippen LogP contribution in [0.4, 0.5) is 0 Å². The van der Waals surface area contributed by atoms with E-state index in [-0.39, 0.29) is 30.8 Å². The summed E-state index contributed by atoms with van der Waals surface area (Å²) in [5, 5.41) is 2.81. The fourth-order valence-electron chi connectivity index (χ4n) is 1.83. The summed E-state index contributed by atoms with van der Waals surface area (Å²) >= 11 is 0. The largest absolute Gasteiger partial charge is 0.493 e. The first kappa shape index (κ1) is 19.5. The van der Waals surface area contributed by atoms with Gasteiger partial charge in [0.1, 0.15) is 0 Å². The monoisotopic (exact) mass is 318 g/mol. The van der Waals surface area contributed by atoms with Crippen molar-refractivity contribution in [2.45, 2.75) is 19.1 Å². The second kappa shape index (κ2) is 10.3. The second-order valence-corrected chi connectivity index (χ2v) is 4.23. The normalized spacial score (nSPS) is 11.2. The van der Waals surface area contributed by atoms with Gasteiger partial charge in [0.05, 0.1) is 26.7 Å². The number of hydrogen-bond acceptors (Lipinski definition) is 5. The van der Waals surface area contributed by atoms with Crippen molar-refractivity contribution in [2.75, 3.05) is 27.9 Å². The van der Waals surface area contributed by atoms with Crippen LogP contribution in [0.15, 0.2) is 18.2 Å². The van der Waals surface area contributed by atoms with Crippen molar-refractivity contribution in [3.8, 4) is 11.5 Å². The van der Waals surface area contributed by atoms with Crippen molar-refractivity contribution in [2.24, 2.45) is 5.73 Å². The number of benzene rings is 1. The van der Waals surface area contributed by atoms with Crippen LogP contribution >= 0.6 is 12.4 Å². The summed E-state index contributed by atoms with van der Waals surface area (Å²) in [5.74, 6) is 1.14. The molecule has 0 aromatic heterocycles. The number of carbonyl (C=O) groups excluding carboxylic acids is 1. The molecule has 0 saturated heterocycles. The third-order valence-corrected chi connectivity index (χ3v) is 2.97. The van der Waals surface area contributed by atoms with Gasteiger partial charge in [0.25, 0.3) is 0 Å². The van der Waals surface area contributed by atoms with Gasteiger partial charge in [-0.15, -0.1) is 12.4 Å². The van der Waals surface area contributed by atoms with E-state index < -0.39 is 0 Å². The van der Waals surface area contributed by atoms with Crippen molar-refractivity contribution in [3.63, 3.8) is 0 Å². The number of halogens is 1. The molecule has 0 saturated carbocycles. The lowest BCUT2D eigenvalue weighted by molar-refractivity contribution is -0.123. The van der Waals surface area contributed by atoms with Gasteiger partial charge in [0.15, 0.2) is 11.5 Å². The number of ether oxygens (including phenoxy) is 3. The van der Waals surface area contributed by atoms with E-state index in [9.17, 15) is 4.79 Å². The molecule has 120 valence electrons. The molecule has 0 radical (unpaired) electrons. The van der Waals surface area contributed by atoms with E-state index in [2.05, 4.69) is 5.32 Å². The summed E-state index contributed by atoms with van der Waals surface area (Å²) in [6, 6.07) is 5.53. The SMILES string of the molecule is COc1cccc(CNC(=O)CC(CN)OC)c1OC.Cl. The minimum absolute atomic E-state index is 0. The molecule has 0 spiro atoms. The number of nitrogens with one attached hydrogen (secondary N) is 1. The topological polar surface area (TPSA) is 82.8 Å². The summed E-state index contributed by atoms with van der Waals surface area (Å²) < 4.78 is 15.6. The lowest BCUT2D eigenvalue weighted by Crippen LogP contribution is -2.32. The van der Waals surface area contributed by atoms with Gasteiger partial charge in [-0.1, -0.05) is 12.1 Å². The number of hydrogen-bond donors (Lipinski definition) is 2. The van der Waals surface area contributed by atoms with Crippen LogP contribution in [-0.4, -0.2) is 39.9 Å². The first-order valence-electron chi connectivity index (χ1n) is 6.35. The molecule has 0 aliphatic carbocycles. The number of para-hydroxylation sites is 1. The maximum Gasteiger partial charge on any atom is 0.222 e. The highest BCUT2D eigenvalue weighted by molar-refractivity contribution is 5.85. The molecule has 0 bridgehead atoms. The van der Waals surface area contributed by atoms with Crippen molar-refractivity contribution in [3.05, 3.63) is 23.8 Å². The molecule has 0 heterocycles. The van der Waals surface area contributed by atoms with E-state index in [1.54, 1.807) is 20.3 Å². The molecule has 1 aromatic carbocycles. The predicted molar refractivity (Wildman–Crippen MR) is 83.1 cm³/mol. The molecule has 1 unspecified atom stereocenters. The number of amides is 1. The number of carbonyl (C=O) groups is 1. The second-order valence-electron chi connectivity index (χ2n) is 4.23. The van der Waals surface area contributed by atoms with Crippen LogP contribution in [0.1, 0.15) is 12.0 Å². The maximum absolute atomic E-state index is 11.8. The molecule has 21 heavy (non-hydrogen) atoms. The van der Waals surface area contributed by atoms with E-state index >= 15 is 0 Å². The molecular formula is C14H23ClN2O4. The number of methoxy groups -OCH3 is 3. The van der Waals surface area contributed by atoms with Crippen LogP contribution in [0.25, 0.3) is 0 Å². The lowest BCUT2D eigenvalue weighted by Gasteiger charge is -2.15. The van der Waals surface area contributed by atoms with E-state index in [1.165, 1.54) is 7.11 Å². The van der Waals surface area contributed by atoms with Gasteiger partial charge in [-0.2, -0.15) is 0 Å². The van der Waals surface area contributed by atoms with Gasteiger partial charge in [0.2, 0.25) is 5.91 Å². The zero-order valence-corrected chi connectivity index (χ0v) is 13.4. The quantitative estimate of drug-likeness (QED) is 0.750. The average Bonchev–Trinajstić information content (AvgIpc) is 2.49. The molecule has 0 aliphatic heterocycles. The Labute approximate surface area is 131 Å². The zero-order chi connectivity index (χ0) is 15.0. The first-order chi connectivity index (χ1) is 9.65. The molecule has 3 N–H and O–H groups in total. The highest BCUT2D eigenvalue weighted by atomic mass is 35.5. The van der Waals surface area contributed by atoms with Crippen molar-refractivity contribution in [1.82, 2.24) is 5.32 Å². The Morgan fingerprint density at radius 3 is 2.52 bits per heavy atom. The molecule has 1 aromatic rings. The third kappa shape index (κ3) is 5.79. The summed E-state index contributed by atoms with van der Waals surface area (Å²) in [7, 11) is 4.68. The maximum atomic E-state index is 11.8. The van der Waals surface area contributed by atoms with Crippen LogP contribution in [0.3, 0.4) is 0 Å². The van der Waals surface area contributed by atoms with E-state index in [4.69, 9.17) is 19.9 Å². The highest BCUT2D eigenvalue weighted by Crippen LogP contribution is 2.30. The predicted octanol–water partition coefficient (Wildman–Crippen LogP) is 1.11. The Morgan fingerprint density at radius 2 is 2.00 bits per heavy atom. The van der Waals surface area contributed by atoms with E-state index in [0.717, 1.165) is 5.56 Å². The first-order valence-corrected chi connectivity index (χ1v) is 6.35. The van der Waals surface area contributed by atoms with Gasteiger partial charge >= 0.3 is 0 Å². The number of rotatable bonds is 8. The van der Waals surface area contributed by atoms with Crippen LogP contribution in [0.5, 0.6) is 11.5 Å². The minimum atomic E-state index is -0.262. The van der Waals surface area contributed by atoms with Crippen LogP contribution < -0.4 is 20.5 Å². The lowest BCUT2D eigenvalue weighted by atomic mass is 10.1. The van der Waals surface area contributed by atoms with Crippen molar-refractivity contribution < 1.29 is 19.0 Å². The zero-order valence-electron chi connectivity index (χ0n) is 12.5. The summed E-state index contributed by atoms with van der Waals surface area (Å²) in [5.41, 5.74) is 6.33. The summed E-state index contributed by atoms with van der Waals surface area (Å²) in [6.07, 6.45) is -0.0264.